The molecule has 0 saturated heterocycles. The summed E-state index contributed by atoms with van der Waals surface area (Å²) in [5, 5.41) is 0. The molecule has 0 radical (unpaired) electrons. The lowest BCUT2D eigenvalue weighted by Crippen LogP contribution is -2.09. The highest BCUT2D eigenvalue weighted by Crippen LogP contribution is 2.24. The molecule has 17 heavy (non-hydrogen) atoms. The first kappa shape index (κ1) is 14.5. The zero-order valence-corrected chi connectivity index (χ0v) is 11.4. The molecule has 1 unspecified atom stereocenters. The van der Waals surface area contributed by atoms with E-state index in [0.29, 0.717) is 25.0 Å². The van der Waals surface area contributed by atoms with Crippen LogP contribution in [0.2, 0.25) is 0 Å². The van der Waals surface area contributed by atoms with Crippen LogP contribution in [0.5, 0.6) is 0 Å². The van der Waals surface area contributed by atoms with Gasteiger partial charge < -0.3 is 9.47 Å². The highest BCUT2D eigenvalue weighted by molar-refractivity contribution is 6.18. The second kappa shape index (κ2) is 8.51. The van der Waals surface area contributed by atoms with Gasteiger partial charge in [0.2, 0.25) is 0 Å². The number of halogens is 1. The summed E-state index contributed by atoms with van der Waals surface area (Å²) in [6.45, 7) is 4.16. The predicted molar refractivity (Wildman–Crippen MR) is 72.0 cm³/mol. The zero-order chi connectivity index (χ0) is 12.5. The molecular weight excluding hydrogens is 236 g/mol. The summed E-state index contributed by atoms with van der Waals surface area (Å²) >= 11 is 6.03. The van der Waals surface area contributed by atoms with E-state index < -0.39 is 0 Å². The Bertz CT molecular complexity index is 315. The van der Waals surface area contributed by atoms with Gasteiger partial charge in [0.15, 0.2) is 0 Å². The van der Waals surface area contributed by atoms with Crippen LogP contribution in [0.25, 0.3) is 0 Å². The molecule has 0 N–H and O–H groups in total. The number of hydrogen-bond donors (Lipinski definition) is 0. The number of rotatable bonds is 8. The van der Waals surface area contributed by atoms with Crippen LogP contribution in [0.1, 0.15) is 23.5 Å². The lowest BCUT2D eigenvalue weighted by molar-refractivity contribution is 0.0676. The van der Waals surface area contributed by atoms with Crippen molar-refractivity contribution >= 4 is 11.6 Å². The summed E-state index contributed by atoms with van der Waals surface area (Å²) < 4.78 is 10.4. The summed E-state index contributed by atoms with van der Waals surface area (Å²) in [5.74, 6) is 1.01. The zero-order valence-electron chi connectivity index (χ0n) is 10.6. The van der Waals surface area contributed by atoms with Crippen molar-refractivity contribution in [1.29, 1.82) is 0 Å². The quantitative estimate of drug-likeness (QED) is 0.525. The van der Waals surface area contributed by atoms with E-state index in [9.17, 15) is 0 Å². The third-order valence-corrected chi connectivity index (χ3v) is 3.23. The van der Waals surface area contributed by atoms with Gasteiger partial charge in [-0.1, -0.05) is 24.3 Å². The SMILES string of the molecule is COCCOCCC(CCl)c1ccccc1C. The minimum absolute atomic E-state index is 0.375. The lowest BCUT2D eigenvalue weighted by atomic mass is 9.94. The fourth-order valence-corrected chi connectivity index (χ4v) is 2.15. The molecule has 0 bridgehead atoms. The van der Waals surface area contributed by atoms with Crippen LogP contribution in [-0.4, -0.2) is 32.8 Å². The number of benzene rings is 1. The van der Waals surface area contributed by atoms with Gasteiger partial charge in [-0.2, -0.15) is 0 Å². The molecule has 0 aliphatic carbocycles. The number of hydrogen-bond acceptors (Lipinski definition) is 2. The molecule has 1 rings (SSSR count). The third-order valence-electron chi connectivity index (χ3n) is 2.86. The Balaban J connectivity index is 2.41. The van der Waals surface area contributed by atoms with Crippen molar-refractivity contribution in [3.8, 4) is 0 Å². The van der Waals surface area contributed by atoms with E-state index in [2.05, 4.69) is 31.2 Å². The molecule has 0 fully saturated rings. The van der Waals surface area contributed by atoms with E-state index >= 15 is 0 Å². The van der Waals surface area contributed by atoms with Crippen LogP contribution in [0.3, 0.4) is 0 Å². The van der Waals surface area contributed by atoms with Crippen LogP contribution in [0.4, 0.5) is 0 Å². The summed E-state index contributed by atoms with van der Waals surface area (Å²) in [6, 6.07) is 8.39. The van der Waals surface area contributed by atoms with Crippen molar-refractivity contribution in [2.45, 2.75) is 19.3 Å². The third kappa shape index (κ3) is 5.07. The van der Waals surface area contributed by atoms with Crippen molar-refractivity contribution < 1.29 is 9.47 Å². The van der Waals surface area contributed by atoms with Crippen molar-refractivity contribution in [3.05, 3.63) is 35.4 Å². The first-order valence-corrected chi connectivity index (χ1v) is 6.51. The van der Waals surface area contributed by atoms with E-state index in [1.54, 1.807) is 7.11 Å². The molecule has 0 aromatic heterocycles. The average Bonchev–Trinajstić information content (AvgIpc) is 2.35. The van der Waals surface area contributed by atoms with Crippen molar-refractivity contribution in [2.75, 3.05) is 32.8 Å². The topological polar surface area (TPSA) is 18.5 Å². The van der Waals surface area contributed by atoms with Crippen LogP contribution >= 0.6 is 11.6 Å². The van der Waals surface area contributed by atoms with Gasteiger partial charge in [0, 0.05) is 19.6 Å². The van der Waals surface area contributed by atoms with Crippen LogP contribution in [0.15, 0.2) is 24.3 Å². The standard InChI is InChI=1S/C14H21ClO2/c1-12-5-3-4-6-14(12)13(11-15)7-8-17-10-9-16-2/h3-6,13H,7-11H2,1-2H3. The van der Waals surface area contributed by atoms with Gasteiger partial charge in [-0.25, -0.2) is 0 Å². The fraction of sp³-hybridized carbons (Fsp3) is 0.571. The maximum Gasteiger partial charge on any atom is 0.0700 e. The van der Waals surface area contributed by atoms with E-state index in [-0.39, 0.29) is 0 Å². The Hall–Kier alpha value is -0.570. The molecule has 1 aromatic carbocycles. The molecule has 0 aliphatic rings. The molecule has 0 amide bonds. The Kier molecular flexibility index (Phi) is 7.25. The van der Waals surface area contributed by atoms with Gasteiger partial charge in [0.1, 0.15) is 0 Å². The second-order valence-corrected chi connectivity index (χ2v) is 4.41. The molecule has 0 heterocycles. The molecule has 3 heteroatoms. The highest BCUT2D eigenvalue weighted by atomic mass is 35.5. The largest absolute Gasteiger partial charge is 0.382 e. The molecule has 0 aliphatic heterocycles. The van der Waals surface area contributed by atoms with Crippen LogP contribution in [0, 0.1) is 6.92 Å². The summed E-state index contributed by atoms with van der Waals surface area (Å²) in [4.78, 5) is 0. The van der Waals surface area contributed by atoms with Gasteiger partial charge in [-0.3, -0.25) is 0 Å². The monoisotopic (exact) mass is 256 g/mol. The summed E-state index contributed by atoms with van der Waals surface area (Å²) in [6.07, 6.45) is 0.956. The van der Waals surface area contributed by atoms with E-state index in [0.717, 1.165) is 13.0 Å². The molecule has 0 spiro atoms. The van der Waals surface area contributed by atoms with E-state index in [1.807, 2.05) is 0 Å². The maximum atomic E-state index is 6.03. The number of ether oxygens (including phenoxy) is 2. The van der Waals surface area contributed by atoms with Crippen molar-refractivity contribution in [2.24, 2.45) is 0 Å². The fourth-order valence-electron chi connectivity index (χ4n) is 1.83. The molecular formula is C14H21ClO2. The summed E-state index contributed by atoms with van der Waals surface area (Å²) in [7, 11) is 1.68. The lowest BCUT2D eigenvalue weighted by Gasteiger charge is -2.16. The van der Waals surface area contributed by atoms with Crippen LogP contribution < -0.4 is 0 Å². The number of methoxy groups -OCH3 is 1. The Morgan fingerprint density at radius 2 is 1.94 bits per heavy atom. The molecule has 2 nitrogen and oxygen atoms in total. The molecule has 0 saturated carbocycles. The van der Waals surface area contributed by atoms with Gasteiger partial charge in [0.05, 0.1) is 13.2 Å². The normalized spacial score (nSPS) is 12.6. The van der Waals surface area contributed by atoms with Gasteiger partial charge in [0.25, 0.3) is 0 Å². The Morgan fingerprint density at radius 3 is 2.59 bits per heavy atom. The maximum absolute atomic E-state index is 6.03. The second-order valence-electron chi connectivity index (χ2n) is 4.10. The van der Waals surface area contributed by atoms with Crippen LogP contribution in [-0.2, 0) is 9.47 Å². The number of alkyl halides is 1. The Morgan fingerprint density at radius 1 is 1.18 bits per heavy atom. The highest BCUT2D eigenvalue weighted by Gasteiger charge is 2.12. The summed E-state index contributed by atoms with van der Waals surface area (Å²) in [5.41, 5.74) is 2.63. The van der Waals surface area contributed by atoms with E-state index in [4.69, 9.17) is 21.1 Å². The van der Waals surface area contributed by atoms with Gasteiger partial charge in [-0.15, -0.1) is 11.6 Å². The first-order chi connectivity index (χ1) is 8.29. The van der Waals surface area contributed by atoms with Gasteiger partial charge in [-0.05, 0) is 30.4 Å². The smallest absolute Gasteiger partial charge is 0.0700 e. The average molecular weight is 257 g/mol. The molecule has 96 valence electrons. The minimum atomic E-state index is 0.375. The predicted octanol–water partition coefficient (Wildman–Crippen LogP) is 3.37. The minimum Gasteiger partial charge on any atom is -0.382 e. The van der Waals surface area contributed by atoms with Gasteiger partial charge >= 0.3 is 0 Å². The Labute approximate surface area is 109 Å². The van der Waals surface area contributed by atoms with Crippen molar-refractivity contribution in [3.63, 3.8) is 0 Å². The van der Waals surface area contributed by atoms with Crippen molar-refractivity contribution in [1.82, 2.24) is 0 Å². The molecule has 1 atom stereocenters. The molecule has 1 aromatic rings. The number of aryl methyl sites for hydroxylation is 1. The first-order valence-electron chi connectivity index (χ1n) is 5.97. The van der Waals surface area contributed by atoms with E-state index in [1.165, 1.54) is 11.1 Å².